The summed E-state index contributed by atoms with van der Waals surface area (Å²) in [6.07, 6.45) is -0.414. The Kier molecular flexibility index (Phi) is 7.26. The summed E-state index contributed by atoms with van der Waals surface area (Å²) < 4.78 is 5.04. The lowest BCUT2D eigenvalue weighted by Gasteiger charge is -2.30. The van der Waals surface area contributed by atoms with Gasteiger partial charge < -0.3 is 10.1 Å². The number of nitrogens with zero attached hydrogens (tertiary/aromatic N) is 1. The summed E-state index contributed by atoms with van der Waals surface area (Å²) >= 11 is 0. The topological polar surface area (TPSA) is 41.6 Å². The van der Waals surface area contributed by atoms with Crippen molar-refractivity contribution in [1.29, 1.82) is 0 Å². The molecule has 112 valence electrons. The molecule has 0 fully saturated rings. The molecule has 0 aliphatic carbocycles. The van der Waals surface area contributed by atoms with Crippen molar-refractivity contribution in [2.45, 2.75) is 32.9 Å². The van der Waals surface area contributed by atoms with Gasteiger partial charge in [0, 0.05) is 13.7 Å². The predicted molar refractivity (Wildman–Crippen MR) is 81.6 cm³/mol. The van der Waals surface area contributed by atoms with Crippen LogP contribution in [-0.4, -0.2) is 43.7 Å². The SMILES string of the molecule is CCN(CC)C(CNC(=O)C(C)OC)c1ccccc1. The highest BCUT2D eigenvalue weighted by atomic mass is 16.5. The van der Waals surface area contributed by atoms with Crippen LogP contribution in [-0.2, 0) is 9.53 Å². The molecule has 2 atom stereocenters. The van der Waals surface area contributed by atoms with Gasteiger partial charge >= 0.3 is 0 Å². The van der Waals surface area contributed by atoms with Crippen LogP contribution in [0.2, 0.25) is 0 Å². The lowest BCUT2D eigenvalue weighted by molar-refractivity contribution is -0.130. The monoisotopic (exact) mass is 278 g/mol. The lowest BCUT2D eigenvalue weighted by Crippen LogP contribution is -2.41. The maximum Gasteiger partial charge on any atom is 0.248 e. The van der Waals surface area contributed by atoms with Crippen molar-refractivity contribution < 1.29 is 9.53 Å². The first-order valence-electron chi connectivity index (χ1n) is 7.23. The smallest absolute Gasteiger partial charge is 0.248 e. The second-order valence-corrected chi connectivity index (χ2v) is 4.77. The maximum atomic E-state index is 11.9. The number of carbonyl (C=O) groups is 1. The van der Waals surface area contributed by atoms with Crippen LogP contribution in [0.1, 0.15) is 32.4 Å². The number of amides is 1. The zero-order valence-electron chi connectivity index (χ0n) is 12.9. The Hall–Kier alpha value is -1.39. The zero-order chi connectivity index (χ0) is 15.0. The normalized spacial score (nSPS) is 14.1. The highest BCUT2D eigenvalue weighted by molar-refractivity contribution is 5.80. The molecule has 0 radical (unpaired) electrons. The highest BCUT2D eigenvalue weighted by Crippen LogP contribution is 2.19. The minimum absolute atomic E-state index is 0.0689. The van der Waals surface area contributed by atoms with E-state index in [4.69, 9.17) is 4.74 Å². The Morgan fingerprint density at radius 1 is 1.25 bits per heavy atom. The number of nitrogens with one attached hydrogen (secondary N) is 1. The molecule has 0 spiro atoms. The van der Waals surface area contributed by atoms with E-state index in [9.17, 15) is 4.79 Å². The van der Waals surface area contributed by atoms with E-state index in [1.165, 1.54) is 5.56 Å². The molecule has 0 aliphatic heterocycles. The standard InChI is InChI=1S/C16H26N2O2/c1-5-18(6-2)15(14-10-8-7-9-11-14)12-17-16(19)13(3)20-4/h7-11,13,15H,5-6,12H2,1-4H3,(H,17,19). The van der Waals surface area contributed by atoms with E-state index in [0.717, 1.165) is 13.1 Å². The quantitative estimate of drug-likeness (QED) is 0.793. The van der Waals surface area contributed by atoms with Crippen LogP contribution in [0, 0.1) is 0 Å². The highest BCUT2D eigenvalue weighted by Gasteiger charge is 2.20. The molecule has 1 aromatic carbocycles. The van der Waals surface area contributed by atoms with E-state index in [1.54, 1.807) is 14.0 Å². The van der Waals surface area contributed by atoms with Gasteiger partial charge in [0.05, 0.1) is 6.04 Å². The number of carbonyl (C=O) groups excluding carboxylic acids is 1. The third-order valence-corrected chi connectivity index (χ3v) is 3.63. The van der Waals surface area contributed by atoms with Crippen molar-refractivity contribution in [3.05, 3.63) is 35.9 Å². The van der Waals surface area contributed by atoms with Crippen LogP contribution in [0.5, 0.6) is 0 Å². The van der Waals surface area contributed by atoms with Crippen LogP contribution >= 0.6 is 0 Å². The molecule has 0 saturated heterocycles. The first-order chi connectivity index (χ1) is 9.63. The number of methoxy groups -OCH3 is 1. The Morgan fingerprint density at radius 2 is 1.85 bits per heavy atom. The molecule has 4 nitrogen and oxygen atoms in total. The van der Waals surface area contributed by atoms with E-state index in [-0.39, 0.29) is 11.9 Å². The van der Waals surface area contributed by atoms with Gasteiger partial charge in [-0.05, 0) is 25.6 Å². The molecule has 0 aliphatic rings. The van der Waals surface area contributed by atoms with E-state index in [1.807, 2.05) is 18.2 Å². The molecule has 0 aromatic heterocycles. The summed E-state index contributed by atoms with van der Waals surface area (Å²) in [7, 11) is 1.54. The summed E-state index contributed by atoms with van der Waals surface area (Å²) in [4.78, 5) is 14.2. The fourth-order valence-corrected chi connectivity index (χ4v) is 2.25. The number of likely N-dealkylation sites (N-methyl/N-ethyl adjacent to an activating group) is 1. The van der Waals surface area contributed by atoms with Crippen LogP contribution in [0.25, 0.3) is 0 Å². The van der Waals surface area contributed by atoms with Crippen LogP contribution in [0.3, 0.4) is 0 Å². The van der Waals surface area contributed by atoms with Crippen molar-refractivity contribution in [1.82, 2.24) is 10.2 Å². The molecule has 0 heterocycles. The summed E-state index contributed by atoms with van der Waals surface area (Å²) in [5.41, 5.74) is 1.22. The van der Waals surface area contributed by atoms with Gasteiger partial charge in [-0.1, -0.05) is 44.2 Å². The van der Waals surface area contributed by atoms with Crippen molar-refractivity contribution >= 4 is 5.91 Å². The number of hydrogen-bond acceptors (Lipinski definition) is 3. The molecule has 1 amide bonds. The average Bonchev–Trinajstić information content (AvgIpc) is 2.51. The summed E-state index contributed by atoms with van der Waals surface area (Å²) in [5.74, 6) is -0.0689. The molecule has 4 heteroatoms. The zero-order valence-corrected chi connectivity index (χ0v) is 12.9. The molecule has 20 heavy (non-hydrogen) atoms. The molecule has 2 unspecified atom stereocenters. The van der Waals surface area contributed by atoms with Gasteiger partial charge in [-0.3, -0.25) is 9.69 Å². The van der Waals surface area contributed by atoms with E-state index < -0.39 is 6.10 Å². The Bertz CT molecular complexity index is 391. The fraction of sp³-hybridized carbons (Fsp3) is 0.562. The Labute approximate surface area is 122 Å². The molecule has 1 rings (SSSR count). The van der Waals surface area contributed by atoms with Crippen molar-refractivity contribution in [3.63, 3.8) is 0 Å². The first kappa shape index (κ1) is 16.7. The van der Waals surface area contributed by atoms with E-state index in [0.29, 0.717) is 6.54 Å². The third kappa shape index (κ3) is 4.62. The fourth-order valence-electron chi connectivity index (χ4n) is 2.25. The van der Waals surface area contributed by atoms with Crippen molar-refractivity contribution in [2.24, 2.45) is 0 Å². The van der Waals surface area contributed by atoms with Gasteiger partial charge in [-0.2, -0.15) is 0 Å². The number of hydrogen-bond donors (Lipinski definition) is 1. The average molecular weight is 278 g/mol. The molecule has 1 N–H and O–H groups in total. The molecule has 0 bridgehead atoms. The predicted octanol–water partition coefficient (Wildman–Crippen LogP) is 2.22. The third-order valence-electron chi connectivity index (χ3n) is 3.63. The second-order valence-electron chi connectivity index (χ2n) is 4.77. The maximum absolute atomic E-state index is 11.9. The Morgan fingerprint density at radius 3 is 2.35 bits per heavy atom. The number of ether oxygens (including phenoxy) is 1. The van der Waals surface area contributed by atoms with Gasteiger partial charge in [0.2, 0.25) is 5.91 Å². The van der Waals surface area contributed by atoms with Crippen LogP contribution < -0.4 is 5.32 Å². The summed E-state index contributed by atoms with van der Waals surface area (Å²) in [5, 5.41) is 2.98. The van der Waals surface area contributed by atoms with Crippen LogP contribution in [0.4, 0.5) is 0 Å². The van der Waals surface area contributed by atoms with E-state index >= 15 is 0 Å². The largest absolute Gasteiger partial charge is 0.372 e. The summed E-state index contributed by atoms with van der Waals surface area (Å²) in [6, 6.07) is 10.5. The van der Waals surface area contributed by atoms with Gasteiger partial charge in [0.15, 0.2) is 0 Å². The number of benzene rings is 1. The van der Waals surface area contributed by atoms with Crippen LogP contribution in [0.15, 0.2) is 30.3 Å². The Balaban J connectivity index is 2.76. The molecular formula is C16H26N2O2. The molecular weight excluding hydrogens is 252 g/mol. The van der Waals surface area contributed by atoms with Crippen molar-refractivity contribution in [2.75, 3.05) is 26.7 Å². The van der Waals surface area contributed by atoms with Gasteiger partial charge in [0.1, 0.15) is 6.10 Å². The lowest BCUT2D eigenvalue weighted by atomic mass is 10.0. The minimum atomic E-state index is -0.414. The number of rotatable bonds is 8. The molecule has 0 saturated carbocycles. The van der Waals surface area contributed by atoms with E-state index in [2.05, 4.69) is 36.2 Å². The van der Waals surface area contributed by atoms with Gasteiger partial charge in [0.25, 0.3) is 0 Å². The minimum Gasteiger partial charge on any atom is -0.372 e. The van der Waals surface area contributed by atoms with Gasteiger partial charge in [-0.15, -0.1) is 0 Å². The van der Waals surface area contributed by atoms with Gasteiger partial charge in [-0.25, -0.2) is 0 Å². The molecule has 1 aromatic rings. The van der Waals surface area contributed by atoms with Crippen molar-refractivity contribution in [3.8, 4) is 0 Å². The summed E-state index contributed by atoms with van der Waals surface area (Å²) in [6.45, 7) is 8.53. The first-order valence-corrected chi connectivity index (χ1v) is 7.23. The second kappa shape index (κ2) is 8.72.